The van der Waals surface area contributed by atoms with Crippen molar-refractivity contribution in [2.45, 2.75) is 168 Å². The summed E-state index contributed by atoms with van der Waals surface area (Å²) < 4.78 is 6.66. The number of rotatable bonds is 4. The Balaban J connectivity index is 1.19. The number of anilines is 5. The van der Waals surface area contributed by atoms with Gasteiger partial charge in [0.05, 0.1) is 11.1 Å². The maximum Gasteiger partial charge on any atom is 0.197 e. The molecule has 3 aliphatic carbocycles. The second-order valence-corrected chi connectivity index (χ2v) is 25.0. The highest BCUT2D eigenvalue weighted by Gasteiger charge is 2.42. The Kier molecular flexibility index (Phi) is 9.30. The summed E-state index contributed by atoms with van der Waals surface area (Å²) in [6.07, 6.45) is 7.07. The molecule has 1 N–H and O–H groups in total. The fourth-order valence-corrected chi connectivity index (χ4v) is 12.7. The Morgan fingerprint density at radius 2 is 1.06 bits per heavy atom. The fourth-order valence-electron chi connectivity index (χ4n) is 12.7. The summed E-state index contributed by atoms with van der Waals surface area (Å²) in [5.74, 6) is 0. The van der Waals surface area contributed by atoms with Crippen LogP contribution in [0.4, 0.5) is 28.4 Å². The molecule has 0 unspecified atom stereocenters. The summed E-state index contributed by atoms with van der Waals surface area (Å²) in [5.41, 5.74) is 24.8. The largest absolute Gasteiger partial charge is 0.456 e. The molecule has 0 saturated carbocycles. The van der Waals surface area contributed by atoms with Gasteiger partial charge in [-0.1, -0.05) is 131 Å². The molecule has 4 heteroatoms. The molecule has 0 bridgehead atoms. The van der Waals surface area contributed by atoms with Crippen molar-refractivity contribution < 1.29 is 4.42 Å². The van der Waals surface area contributed by atoms with E-state index in [1.165, 1.54) is 120 Å². The minimum Gasteiger partial charge on any atom is -0.456 e. The number of nitrogens with zero attached hydrogens (tertiary/aromatic N) is 1. The Morgan fingerprint density at radius 3 is 1.71 bits per heavy atom. The summed E-state index contributed by atoms with van der Waals surface area (Å²) in [5, 5.41) is 6.47. The first-order chi connectivity index (χ1) is 31.0. The highest BCUT2D eigenvalue weighted by molar-refractivity contribution is 6.74. The van der Waals surface area contributed by atoms with Crippen LogP contribution >= 0.6 is 0 Å². The summed E-state index contributed by atoms with van der Waals surface area (Å²) in [6.45, 7) is 34.0. The highest BCUT2D eigenvalue weighted by atomic mass is 16.3. The van der Waals surface area contributed by atoms with Crippen LogP contribution < -0.4 is 21.1 Å². The monoisotopic (exact) mass is 870 g/mol. The van der Waals surface area contributed by atoms with Crippen molar-refractivity contribution in [3.63, 3.8) is 0 Å². The molecule has 3 nitrogen and oxygen atoms in total. The van der Waals surface area contributed by atoms with Crippen LogP contribution in [0.15, 0.2) is 95.4 Å². The second kappa shape index (κ2) is 14.2. The van der Waals surface area contributed by atoms with Crippen molar-refractivity contribution >= 4 is 68.6 Å². The molecule has 0 atom stereocenters. The van der Waals surface area contributed by atoms with Crippen LogP contribution in [0.1, 0.15) is 166 Å². The average molecular weight is 870 g/mol. The molecular weight excluding hydrogens is 800 g/mol. The number of hydrogen-bond donors (Lipinski definition) is 1. The second-order valence-electron chi connectivity index (χ2n) is 25.0. The predicted molar refractivity (Wildman–Crippen MR) is 284 cm³/mol. The van der Waals surface area contributed by atoms with Crippen molar-refractivity contribution in [2.75, 3.05) is 10.2 Å². The van der Waals surface area contributed by atoms with Crippen molar-refractivity contribution in [2.24, 2.45) is 0 Å². The van der Waals surface area contributed by atoms with Gasteiger partial charge in [0.25, 0.3) is 0 Å². The lowest BCUT2D eigenvalue weighted by molar-refractivity contribution is 0.332. The first-order valence-corrected chi connectivity index (χ1v) is 25.0. The maximum atomic E-state index is 6.66. The predicted octanol–water partition coefficient (Wildman–Crippen LogP) is 16.1. The number of aryl methyl sites for hydroxylation is 2. The number of hydrogen-bond acceptors (Lipinski definition) is 3. The molecule has 0 amide bonds. The van der Waals surface area contributed by atoms with Gasteiger partial charge in [-0.05, 0) is 189 Å². The van der Waals surface area contributed by atoms with Crippen LogP contribution in [0.2, 0.25) is 0 Å². The van der Waals surface area contributed by atoms with Gasteiger partial charge in [0.1, 0.15) is 11.2 Å². The zero-order chi connectivity index (χ0) is 46.7. The van der Waals surface area contributed by atoms with Gasteiger partial charge in [0.2, 0.25) is 0 Å². The third kappa shape index (κ3) is 6.57. The first kappa shape index (κ1) is 43.4. The molecular formula is C62H70BN2O. The Labute approximate surface area is 396 Å². The lowest BCUT2D eigenvalue weighted by Gasteiger charge is -2.44. The molecule has 7 aromatic rings. The lowest BCUT2D eigenvalue weighted by atomic mass is 9.57. The van der Waals surface area contributed by atoms with Crippen molar-refractivity contribution in [3.8, 4) is 11.1 Å². The van der Waals surface area contributed by atoms with E-state index in [-0.39, 0.29) is 32.5 Å². The molecule has 0 saturated heterocycles. The molecule has 0 fully saturated rings. The van der Waals surface area contributed by atoms with E-state index in [4.69, 9.17) is 4.42 Å². The molecule has 6 aromatic carbocycles. The number of para-hydroxylation sites is 1. The summed E-state index contributed by atoms with van der Waals surface area (Å²) in [6, 6.07) is 35.5. The number of fused-ring (bicyclic) bond motifs is 9. The molecule has 2 heterocycles. The van der Waals surface area contributed by atoms with Gasteiger partial charge in [-0.25, -0.2) is 0 Å². The van der Waals surface area contributed by atoms with Crippen LogP contribution in [-0.2, 0) is 32.5 Å². The van der Waals surface area contributed by atoms with Crippen LogP contribution in [0.25, 0.3) is 33.1 Å². The average Bonchev–Trinajstić information content (AvgIpc) is 3.64. The Morgan fingerprint density at radius 1 is 0.500 bits per heavy atom. The third-order valence-corrected chi connectivity index (χ3v) is 17.4. The van der Waals surface area contributed by atoms with E-state index in [2.05, 4.69) is 205 Å². The van der Waals surface area contributed by atoms with E-state index >= 15 is 0 Å². The first-order valence-electron chi connectivity index (χ1n) is 25.0. The van der Waals surface area contributed by atoms with Gasteiger partial charge in [0, 0.05) is 33.7 Å². The van der Waals surface area contributed by atoms with Gasteiger partial charge in [-0.3, -0.25) is 0 Å². The fraction of sp³-hybridized carbons (Fsp3) is 0.419. The standard InChI is InChI=1S/C62H70BN2O/c1-36-29-41(40-33-45-46(61(11,12)27-26-60(45,9)10)34-49(40)64-38-19-20-42-44(32-38)59(7,8)24-23-57(42,3)4)55-51(30-36)65(50-35-47-43(31-37(50)2)58(5,6)25-28-62(47,13)14)56-48(63-55)21-22-53-54(56)39-17-15-16-18-52(39)66-53/h15-22,29-35,64H,23-28H2,1-14H3. The van der Waals surface area contributed by atoms with E-state index in [9.17, 15) is 0 Å². The number of benzene rings is 6. The SMILES string of the molecule is Cc1cc(-c2cc3c(cc2Nc2ccc4c(c2)C(C)(C)CCC4(C)C)C(C)(C)CCC3(C)C)c2c(c1)N(c1cc3c(cc1C)C(C)(C)CCC3(C)C)c1c(ccc3oc4ccccc4c13)[B]2. The molecule has 4 aliphatic rings. The Bertz CT molecular complexity index is 3190. The summed E-state index contributed by atoms with van der Waals surface area (Å²) in [4.78, 5) is 2.63. The van der Waals surface area contributed by atoms with Crippen LogP contribution in [-0.4, -0.2) is 7.28 Å². The molecule has 1 radical (unpaired) electrons. The van der Waals surface area contributed by atoms with Crippen LogP contribution in [0, 0.1) is 13.8 Å². The number of nitrogens with one attached hydrogen (secondary N) is 1. The van der Waals surface area contributed by atoms with E-state index < -0.39 is 0 Å². The van der Waals surface area contributed by atoms with E-state index in [0.717, 1.165) is 35.1 Å². The molecule has 1 aliphatic heterocycles. The van der Waals surface area contributed by atoms with Crippen LogP contribution in [0.5, 0.6) is 0 Å². The van der Waals surface area contributed by atoms with Gasteiger partial charge in [-0.2, -0.15) is 0 Å². The minimum atomic E-state index is 0.0422. The third-order valence-electron chi connectivity index (χ3n) is 17.4. The van der Waals surface area contributed by atoms with Gasteiger partial charge in [-0.15, -0.1) is 0 Å². The van der Waals surface area contributed by atoms with E-state index in [0.29, 0.717) is 0 Å². The quantitative estimate of drug-likeness (QED) is 0.179. The molecule has 0 spiro atoms. The normalized spacial score (nSPS) is 20.1. The Hall–Kier alpha value is -5.22. The molecule has 1 aromatic heterocycles. The zero-order valence-corrected chi connectivity index (χ0v) is 42.3. The summed E-state index contributed by atoms with van der Waals surface area (Å²) in [7, 11) is 2.49. The van der Waals surface area contributed by atoms with Gasteiger partial charge >= 0.3 is 0 Å². The maximum absolute atomic E-state index is 6.66. The molecule has 337 valence electrons. The smallest absolute Gasteiger partial charge is 0.197 e. The van der Waals surface area contributed by atoms with E-state index in [1.807, 2.05) is 0 Å². The molecule has 66 heavy (non-hydrogen) atoms. The van der Waals surface area contributed by atoms with Crippen molar-refractivity contribution in [3.05, 3.63) is 136 Å². The molecule has 11 rings (SSSR count). The van der Waals surface area contributed by atoms with E-state index in [1.54, 1.807) is 0 Å². The zero-order valence-electron chi connectivity index (χ0n) is 42.3. The number of furan rings is 1. The summed E-state index contributed by atoms with van der Waals surface area (Å²) >= 11 is 0. The highest BCUT2D eigenvalue weighted by Crippen LogP contribution is 2.54. The minimum absolute atomic E-state index is 0.0422. The van der Waals surface area contributed by atoms with Gasteiger partial charge in [0.15, 0.2) is 7.28 Å². The van der Waals surface area contributed by atoms with Crippen LogP contribution in [0.3, 0.4) is 0 Å². The van der Waals surface area contributed by atoms with Gasteiger partial charge < -0.3 is 14.6 Å². The van der Waals surface area contributed by atoms with Crippen molar-refractivity contribution in [1.29, 1.82) is 0 Å². The lowest BCUT2D eigenvalue weighted by Crippen LogP contribution is -2.42. The topological polar surface area (TPSA) is 28.4 Å². The van der Waals surface area contributed by atoms with Crippen molar-refractivity contribution in [1.82, 2.24) is 0 Å².